The Kier molecular flexibility index (Phi) is 5.15. The first-order valence-electron chi connectivity index (χ1n) is 5.67. The molecule has 0 radical (unpaired) electrons. The lowest BCUT2D eigenvalue weighted by Gasteiger charge is -2.06. The van der Waals surface area contributed by atoms with E-state index in [-0.39, 0.29) is 12.1 Å². The molecule has 0 aromatic heterocycles. The minimum Gasteiger partial charge on any atom is -0.461 e. The third-order valence-corrected chi connectivity index (χ3v) is 2.37. The predicted molar refractivity (Wildman–Crippen MR) is 57.7 cm³/mol. The molecule has 1 unspecified atom stereocenters. The van der Waals surface area contributed by atoms with Crippen LogP contribution >= 0.6 is 0 Å². The van der Waals surface area contributed by atoms with E-state index in [1.807, 2.05) is 0 Å². The van der Waals surface area contributed by atoms with Crippen molar-refractivity contribution in [1.82, 2.24) is 0 Å². The molecule has 4 heteroatoms. The molecule has 15 heavy (non-hydrogen) atoms. The van der Waals surface area contributed by atoms with Crippen molar-refractivity contribution in [3.63, 3.8) is 0 Å². The van der Waals surface area contributed by atoms with Crippen molar-refractivity contribution in [2.45, 2.75) is 52.1 Å². The molecule has 86 valence electrons. The lowest BCUT2D eigenvalue weighted by molar-refractivity contribution is -0.135. The molecule has 1 atom stereocenters. The van der Waals surface area contributed by atoms with Gasteiger partial charge in [0.2, 0.25) is 0 Å². The quantitative estimate of drug-likeness (QED) is 0.502. The summed E-state index contributed by atoms with van der Waals surface area (Å²) in [5.41, 5.74) is 0.429. The molecule has 1 aliphatic rings. The molecule has 0 N–H and O–H groups in total. The zero-order valence-corrected chi connectivity index (χ0v) is 9.49. The average Bonchev–Trinajstić information content (AvgIpc) is 2.67. The van der Waals surface area contributed by atoms with Crippen molar-refractivity contribution in [3.8, 4) is 0 Å². The van der Waals surface area contributed by atoms with Gasteiger partial charge in [-0.15, -0.1) is 0 Å². The lowest BCUT2D eigenvalue weighted by atomic mass is 10.1. The van der Waals surface area contributed by atoms with Gasteiger partial charge in [-0.25, -0.2) is 4.79 Å². The van der Waals surface area contributed by atoms with Crippen LogP contribution in [0.4, 0.5) is 0 Å². The molecule has 0 aromatic carbocycles. The number of hydrogen-bond donors (Lipinski definition) is 0. The highest BCUT2D eigenvalue weighted by molar-refractivity contribution is 6.36. The zero-order valence-electron chi connectivity index (χ0n) is 9.49. The molecule has 0 amide bonds. The Morgan fingerprint density at radius 2 is 2.33 bits per heavy atom. The predicted octanol–water partition coefficient (Wildman–Crippen LogP) is 2.27. The minimum absolute atomic E-state index is 0.0796. The summed E-state index contributed by atoms with van der Waals surface area (Å²) >= 11 is 0. The fourth-order valence-electron chi connectivity index (χ4n) is 1.54. The topological polar surface area (TPSA) is 47.9 Å². The highest BCUT2D eigenvalue weighted by Crippen LogP contribution is 2.17. The number of carbonyl (C=O) groups is 1. The van der Waals surface area contributed by atoms with Gasteiger partial charge < -0.3 is 9.57 Å². The third-order valence-electron chi connectivity index (χ3n) is 2.37. The number of ether oxygens (including phenoxy) is 1. The molecule has 1 aliphatic heterocycles. The summed E-state index contributed by atoms with van der Waals surface area (Å²) in [6, 6.07) is 0. The Bertz CT molecular complexity index is 238. The van der Waals surface area contributed by atoms with Gasteiger partial charge in [0.1, 0.15) is 6.10 Å². The summed E-state index contributed by atoms with van der Waals surface area (Å²) in [6.45, 7) is 4.33. The normalized spacial score (nSPS) is 19.6. The highest BCUT2D eigenvalue weighted by atomic mass is 16.6. The first kappa shape index (κ1) is 12.0. The second-order valence-corrected chi connectivity index (χ2v) is 3.69. The van der Waals surface area contributed by atoms with E-state index < -0.39 is 0 Å². The molecule has 1 heterocycles. The number of nitrogens with zero attached hydrogens (tertiary/aromatic N) is 1. The third kappa shape index (κ3) is 3.90. The van der Waals surface area contributed by atoms with E-state index in [0.717, 1.165) is 12.8 Å². The van der Waals surface area contributed by atoms with Gasteiger partial charge in [0.25, 0.3) is 0 Å². The number of carbonyl (C=O) groups excluding carboxylic acids is 1. The first-order chi connectivity index (χ1) is 7.27. The zero-order chi connectivity index (χ0) is 11.1. The maximum absolute atomic E-state index is 11.3. The number of esters is 1. The largest absolute Gasteiger partial charge is 0.461 e. The maximum Gasteiger partial charge on any atom is 0.356 e. The summed E-state index contributed by atoms with van der Waals surface area (Å²) in [7, 11) is 0. The van der Waals surface area contributed by atoms with Gasteiger partial charge in [-0.2, -0.15) is 0 Å². The van der Waals surface area contributed by atoms with Crippen LogP contribution in [-0.4, -0.2) is 24.4 Å². The summed E-state index contributed by atoms with van der Waals surface area (Å²) in [5, 5.41) is 3.76. The van der Waals surface area contributed by atoms with Crippen LogP contribution in [-0.2, 0) is 14.4 Å². The van der Waals surface area contributed by atoms with E-state index in [4.69, 9.17) is 9.57 Å². The van der Waals surface area contributed by atoms with Crippen molar-refractivity contribution in [2.75, 3.05) is 6.61 Å². The van der Waals surface area contributed by atoms with Crippen LogP contribution in [0.2, 0.25) is 0 Å². The Morgan fingerprint density at radius 3 is 3.00 bits per heavy atom. The number of rotatable bonds is 6. The fourth-order valence-corrected chi connectivity index (χ4v) is 1.54. The smallest absolute Gasteiger partial charge is 0.356 e. The molecule has 0 bridgehead atoms. The maximum atomic E-state index is 11.3. The first-order valence-corrected chi connectivity index (χ1v) is 5.67. The van der Waals surface area contributed by atoms with Crippen LogP contribution in [0, 0.1) is 0 Å². The van der Waals surface area contributed by atoms with E-state index in [2.05, 4.69) is 12.1 Å². The van der Waals surface area contributed by atoms with Gasteiger partial charge in [-0.1, -0.05) is 24.9 Å². The van der Waals surface area contributed by atoms with E-state index in [1.165, 1.54) is 12.8 Å². The van der Waals surface area contributed by atoms with Crippen LogP contribution in [0.3, 0.4) is 0 Å². The molecule has 1 rings (SSSR count). The molecule has 0 spiro atoms. The van der Waals surface area contributed by atoms with E-state index in [9.17, 15) is 4.79 Å². The molecule has 0 aromatic rings. The van der Waals surface area contributed by atoms with Crippen LogP contribution < -0.4 is 0 Å². The fraction of sp³-hybridized carbons (Fsp3) is 0.818. The summed E-state index contributed by atoms with van der Waals surface area (Å²) in [5.74, 6) is -0.338. The lowest BCUT2D eigenvalue weighted by Crippen LogP contribution is -2.18. The average molecular weight is 213 g/mol. The monoisotopic (exact) mass is 213 g/mol. The molecule has 0 saturated heterocycles. The Labute approximate surface area is 90.6 Å². The standard InChI is InChI=1S/C11H19NO3/c1-3-5-6-7-9-8-10(12-15-9)11(13)14-4-2/h9H,3-8H2,1-2H3. The summed E-state index contributed by atoms with van der Waals surface area (Å²) in [6.07, 6.45) is 5.18. The van der Waals surface area contributed by atoms with Gasteiger partial charge in [0.05, 0.1) is 6.61 Å². The van der Waals surface area contributed by atoms with Gasteiger partial charge >= 0.3 is 5.97 Å². The second-order valence-electron chi connectivity index (χ2n) is 3.69. The van der Waals surface area contributed by atoms with E-state index in [0.29, 0.717) is 18.7 Å². The summed E-state index contributed by atoms with van der Waals surface area (Å²) in [4.78, 5) is 16.5. The Hall–Kier alpha value is -1.06. The van der Waals surface area contributed by atoms with Gasteiger partial charge in [0.15, 0.2) is 5.71 Å². The van der Waals surface area contributed by atoms with Crippen LogP contribution in [0.15, 0.2) is 5.16 Å². The minimum atomic E-state index is -0.338. The van der Waals surface area contributed by atoms with Crippen molar-refractivity contribution in [3.05, 3.63) is 0 Å². The SMILES string of the molecule is CCCCCC1CC(C(=O)OCC)=NO1. The number of oxime groups is 1. The molecule has 0 saturated carbocycles. The number of unbranched alkanes of at least 4 members (excludes halogenated alkanes) is 2. The van der Waals surface area contributed by atoms with Gasteiger partial charge in [-0.3, -0.25) is 0 Å². The molecule has 0 aliphatic carbocycles. The van der Waals surface area contributed by atoms with E-state index >= 15 is 0 Å². The van der Waals surface area contributed by atoms with Crippen LogP contribution in [0.25, 0.3) is 0 Å². The Balaban J connectivity index is 2.21. The number of hydrogen-bond acceptors (Lipinski definition) is 4. The van der Waals surface area contributed by atoms with Crippen molar-refractivity contribution < 1.29 is 14.4 Å². The highest BCUT2D eigenvalue weighted by Gasteiger charge is 2.26. The van der Waals surface area contributed by atoms with Crippen LogP contribution in [0.5, 0.6) is 0 Å². The van der Waals surface area contributed by atoms with Crippen molar-refractivity contribution >= 4 is 11.7 Å². The molecule has 4 nitrogen and oxygen atoms in total. The van der Waals surface area contributed by atoms with Crippen molar-refractivity contribution in [2.24, 2.45) is 5.16 Å². The van der Waals surface area contributed by atoms with E-state index in [1.54, 1.807) is 6.92 Å². The molecule has 0 fully saturated rings. The summed E-state index contributed by atoms with van der Waals surface area (Å²) < 4.78 is 4.85. The van der Waals surface area contributed by atoms with Gasteiger partial charge in [0, 0.05) is 6.42 Å². The Morgan fingerprint density at radius 1 is 1.53 bits per heavy atom. The molecular weight excluding hydrogens is 194 g/mol. The van der Waals surface area contributed by atoms with Gasteiger partial charge in [-0.05, 0) is 19.8 Å². The molecular formula is C11H19NO3. The van der Waals surface area contributed by atoms with Crippen LogP contribution in [0.1, 0.15) is 46.0 Å². The van der Waals surface area contributed by atoms with Crippen molar-refractivity contribution in [1.29, 1.82) is 0 Å². The second kappa shape index (κ2) is 6.43.